The number of hydrogen-bond donors (Lipinski definition) is 0. The fourth-order valence-electron chi connectivity index (χ4n) is 1.54. The van der Waals surface area contributed by atoms with Gasteiger partial charge in [-0.25, -0.2) is 0 Å². The molecule has 2 nitrogen and oxygen atoms in total. The Morgan fingerprint density at radius 3 is 2.53 bits per heavy atom. The normalized spacial score (nSPS) is 12.4. The van der Waals surface area contributed by atoms with E-state index in [1.54, 1.807) is 0 Å². The Kier molecular flexibility index (Phi) is 6.45. The molecule has 1 aromatic carbocycles. The van der Waals surface area contributed by atoms with Gasteiger partial charge in [-0.2, -0.15) is 0 Å². The number of rotatable bonds is 7. The standard InChI is InChI=1S/C14H19BrO2/c1-3-4-5-10-17-11(2)14(16)12-6-8-13(15)9-7-12/h6-9,11H,3-5,10H2,1-2H3. The summed E-state index contributed by atoms with van der Waals surface area (Å²) in [5.74, 6) is 0.0500. The number of benzene rings is 1. The Morgan fingerprint density at radius 2 is 1.94 bits per heavy atom. The number of carbonyl (C=O) groups is 1. The number of hydrogen-bond acceptors (Lipinski definition) is 2. The molecule has 94 valence electrons. The van der Waals surface area contributed by atoms with Crippen LogP contribution in [0.1, 0.15) is 43.5 Å². The Morgan fingerprint density at radius 1 is 1.29 bits per heavy atom. The van der Waals surface area contributed by atoms with E-state index >= 15 is 0 Å². The van der Waals surface area contributed by atoms with Gasteiger partial charge < -0.3 is 4.74 Å². The average Bonchev–Trinajstić information content (AvgIpc) is 2.34. The molecule has 0 saturated heterocycles. The van der Waals surface area contributed by atoms with Crippen molar-refractivity contribution in [2.24, 2.45) is 0 Å². The van der Waals surface area contributed by atoms with Crippen LogP contribution in [-0.2, 0) is 4.74 Å². The van der Waals surface area contributed by atoms with Crippen LogP contribution in [0.5, 0.6) is 0 Å². The third-order valence-electron chi connectivity index (χ3n) is 2.61. The fraction of sp³-hybridized carbons (Fsp3) is 0.500. The topological polar surface area (TPSA) is 26.3 Å². The molecule has 0 aliphatic rings. The first-order valence-electron chi connectivity index (χ1n) is 6.06. The summed E-state index contributed by atoms with van der Waals surface area (Å²) in [6.07, 6.45) is 2.99. The first-order chi connectivity index (χ1) is 8.15. The zero-order valence-corrected chi connectivity index (χ0v) is 12.0. The van der Waals surface area contributed by atoms with Crippen LogP contribution < -0.4 is 0 Å². The molecule has 1 atom stereocenters. The van der Waals surface area contributed by atoms with Crippen LogP contribution in [0.15, 0.2) is 28.7 Å². The van der Waals surface area contributed by atoms with Gasteiger partial charge in [0, 0.05) is 16.6 Å². The second-order valence-electron chi connectivity index (χ2n) is 4.09. The lowest BCUT2D eigenvalue weighted by Gasteiger charge is -2.11. The van der Waals surface area contributed by atoms with Crippen molar-refractivity contribution in [3.63, 3.8) is 0 Å². The van der Waals surface area contributed by atoms with Gasteiger partial charge in [-0.15, -0.1) is 0 Å². The number of ketones is 1. The number of ether oxygens (including phenoxy) is 1. The van der Waals surface area contributed by atoms with E-state index in [0.717, 1.165) is 17.3 Å². The first kappa shape index (κ1) is 14.4. The quantitative estimate of drug-likeness (QED) is 0.556. The number of halogens is 1. The third-order valence-corrected chi connectivity index (χ3v) is 3.14. The van der Waals surface area contributed by atoms with Crippen molar-refractivity contribution in [2.45, 2.75) is 39.2 Å². The maximum Gasteiger partial charge on any atom is 0.191 e. The summed E-state index contributed by atoms with van der Waals surface area (Å²) in [6, 6.07) is 7.38. The lowest BCUT2D eigenvalue weighted by atomic mass is 10.1. The van der Waals surface area contributed by atoms with Crippen LogP contribution in [-0.4, -0.2) is 18.5 Å². The third kappa shape index (κ3) is 5.00. The lowest BCUT2D eigenvalue weighted by Crippen LogP contribution is -2.21. The minimum Gasteiger partial charge on any atom is -0.370 e. The molecular formula is C14H19BrO2. The van der Waals surface area contributed by atoms with Gasteiger partial charge in [0.1, 0.15) is 6.10 Å². The van der Waals surface area contributed by atoms with Gasteiger partial charge in [-0.1, -0.05) is 47.8 Å². The molecule has 1 unspecified atom stereocenters. The molecule has 0 amide bonds. The molecule has 0 N–H and O–H groups in total. The van der Waals surface area contributed by atoms with Crippen molar-refractivity contribution in [1.82, 2.24) is 0 Å². The molecule has 3 heteroatoms. The number of Topliss-reactive ketones (excluding diaryl/α,β-unsaturated/α-hetero) is 1. The summed E-state index contributed by atoms with van der Waals surface area (Å²) >= 11 is 3.35. The van der Waals surface area contributed by atoms with Gasteiger partial charge in [-0.3, -0.25) is 4.79 Å². The monoisotopic (exact) mass is 298 g/mol. The van der Waals surface area contributed by atoms with Gasteiger partial charge in [-0.05, 0) is 25.5 Å². The van der Waals surface area contributed by atoms with Gasteiger partial charge in [0.2, 0.25) is 0 Å². The summed E-state index contributed by atoms with van der Waals surface area (Å²) in [7, 11) is 0. The van der Waals surface area contributed by atoms with Crippen molar-refractivity contribution >= 4 is 21.7 Å². The predicted octanol–water partition coefficient (Wildman–Crippen LogP) is 4.23. The van der Waals surface area contributed by atoms with Crippen LogP contribution in [0, 0.1) is 0 Å². The van der Waals surface area contributed by atoms with Crippen molar-refractivity contribution in [2.75, 3.05) is 6.61 Å². The fourth-order valence-corrected chi connectivity index (χ4v) is 1.80. The first-order valence-corrected chi connectivity index (χ1v) is 6.85. The highest BCUT2D eigenvalue weighted by atomic mass is 79.9. The molecule has 0 aliphatic heterocycles. The zero-order valence-electron chi connectivity index (χ0n) is 10.4. The Balaban J connectivity index is 2.43. The molecule has 0 aromatic heterocycles. The summed E-state index contributed by atoms with van der Waals surface area (Å²) in [5, 5.41) is 0. The highest BCUT2D eigenvalue weighted by molar-refractivity contribution is 9.10. The van der Waals surface area contributed by atoms with E-state index in [2.05, 4.69) is 22.9 Å². The summed E-state index contributed by atoms with van der Waals surface area (Å²) in [6.45, 7) is 4.63. The summed E-state index contributed by atoms with van der Waals surface area (Å²) < 4.78 is 6.51. The molecule has 0 heterocycles. The number of carbonyl (C=O) groups excluding carboxylic acids is 1. The Labute approximate surface area is 111 Å². The van der Waals surface area contributed by atoms with E-state index in [0.29, 0.717) is 12.2 Å². The van der Waals surface area contributed by atoms with Crippen LogP contribution in [0.4, 0.5) is 0 Å². The van der Waals surface area contributed by atoms with E-state index in [9.17, 15) is 4.79 Å². The largest absolute Gasteiger partial charge is 0.370 e. The minimum absolute atomic E-state index is 0.0500. The van der Waals surface area contributed by atoms with E-state index in [4.69, 9.17) is 4.74 Å². The molecule has 1 aromatic rings. The van der Waals surface area contributed by atoms with Gasteiger partial charge in [0.05, 0.1) is 0 Å². The lowest BCUT2D eigenvalue weighted by molar-refractivity contribution is 0.0465. The summed E-state index contributed by atoms with van der Waals surface area (Å²) in [4.78, 5) is 12.0. The SMILES string of the molecule is CCCCCOC(C)C(=O)c1ccc(Br)cc1. The molecule has 0 radical (unpaired) electrons. The highest BCUT2D eigenvalue weighted by Gasteiger charge is 2.15. The molecule has 1 rings (SSSR count). The van der Waals surface area contributed by atoms with Crippen molar-refractivity contribution < 1.29 is 9.53 Å². The van der Waals surface area contributed by atoms with Crippen molar-refractivity contribution in [1.29, 1.82) is 0 Å². The second kappa shape index (κ2) is 7.62. The molecular weight excluding hydrogens is 280 g/mol. The molecule has 0 saturated carbocycles. The van der Waals surface area contributed by atoms with Crippen LogP contribution >= 0.6 is 15.9 Å². The highest BCUT2D eigenvalue weighted by Crippen LogP contribution is 2.13. The number of unbranched alkanes of at least 4 members (excludes halogenated alkanes) is 2. The van der Waals surface area contributed by atoms with Crippen LogP contribution in [0.2, 0.25) is 0 Å². The van der Waals surface area contributed by atoms with Crippen molar-refractivity contribution in [3.05, 3.63) is 34.3 Å². The predicted molar refractivity (Wildman–Crippen MR) is 73.4 cm³/mol. The van der Waals surface area contributed by atoms with Crippen LogP contribution in [0.3, 0.4) is 0 Å². The smallest absolute Gasteiger partial charge is 0.191 e. The Hall–Kier alpha value is -0.670. The minimum atomic E-state index is -0.354. The zero-order chi connectivity index (χ0) is 12.7. The maximum atomic E-state index is 12.0. The van der Waals surface area contributed by atoms with Gasteiger partial charge in [0.25, 0.3) is 0 Å². The maximum absolute atomic E-state index is 12.0. The van der Waals surface area contributed by atoms with Gasteiger partial charge >= 0.3 is 0 Å². The van der Waals surface area contributed by atoms with Crippen molar-refractivity contribution in [3.8, 4) is 0 Å². The van der Waals surface area contributed by atoms with Gasteiger partial charge in [0.15, 0.2) is 5.78 Å². The molecule has 0 aliphatic carbocycles. The molecule has 17 heavy (non-hydrogen) atoms. The Bertz CT molecular complexity index is 346. The van der Waals surface area contributed by atoms with E-state index in [-0.39, 0.29) is 11.9 Å². The van der Waals surface area contributed by atoms with Crippen LogP contribution in [0.25, 0.3) is 0 Å². The van der Waals surface area contributed by atoms with E-state index < -0.39 is 0 Å². The average molecular weight is 299 g/mol. The molecule has 0 bridgehead atoms. The van der Waals surface area contributed by atoms with E-state index in [1.807, 2.05) is 31.2 Å². The molecule has 0 spiro atoms. The summed E-state index contributed by atoms with van der Waals surface area (Å²) in [5.41, 5.74) is 0.705. The van der Waals surface area contributed by atoms with E-state index in [1.165, 1.54) is 6.42 Å². The second-order valence-corrected chi connectivity index (χ2v) is 5.01. The molecule has 0 fully saturated rings.